The van der Waals surface area contributed by atoms with Crippen molar-refractivity contribution in [2.24, 2.45) is 5.10 Å². The standard InChI is InChI=1S/C21H18BrClN2O4/c1-3-28-20(26)12-29-19-8-7-15(22)9-14(19)10-18-13(2)24-25(21(18)27)17-6-4-5-16(23)11-17/h4-11H,3,12H2,1-2H3/b18-10-. The molecule has 1 heterocycles. The van der Waals surface area contributed by atoms with E-state index >= 15 is 0 Å². The van der Waals surface area contributed by atoms with Crippen LogP contribution in [0.2, 0.25) is 5.02 Å². The number of esters is 1. The summed E-state index contributed by atoms with van der Waals surface area (Å²) in [5.74, 6) is -0.285. The van der Waals surface area contributed by atoms with Crippen molar-refractivity contribution in [2.45, 2.75) is 13.8 Å². The molecule has 1 aliphatic rings. The van der Waals surface area contributed by atoms with Gasteiger partial charge in [0.1, 0.15) is 5.75 Å². The molecule has 150 valence electrons. The third kappa shape index (κ3) is 5.05. The van der Waals surface area contributed by atoms with Crippen LogP contribution >= 0.6 is 27.5 Å². The summed E-state index contributed by atoms with van der Waals surface area (Å²) in [5.41, 5.74) is 2.20. The summed E-state index contributed by atoms with van der Waals surface area (Å²) in [6.45, 7) is 3.54. The lowest BCUT2D eigenvalue weighted by molar-refractivity contribution is -0.145. The fraction of sp³-hybridized carbons (Fsp3) is 0.190. The smallest absolute Gasteiger partial charge is 0.344 e. The van der Waals surface area contributed by atoms with E-state index < -0.39 is 5.97 Å². The van der Waals surface area contributed by atoms with Crippen molar-refractivity contribution in [3.8, 4) is 5.75 Å². The molecular weight excluding hydrogens is 460 g/mol. The Morgan fingerprint density at radius 1 is 1.28 bits per heavy atom. The number of carbonyl (C=O) groups is 2. The van der Waals surface area contributed by atoms with Gasteiger partial charge in [0.15, 0.2) is 6.61 Å². The second-order valence-corrected chi connectivity index (χ2v) is 7.47. The molecule has 0 bridgehead atoms. The maximum absolute atomic E-state index is 13.0. The Labute approximate surface area is 181 Å². The molecule has 0 radical (unpaired) electrons. The van der Waals surface area contributed by atoms with E-state index in [1.165, 1.54) is 5.01 Å². The number of hydrazone groups is 1. The molecule has 0 atom stereocenters. The molecule has 0 saturated heterocycles. The summed E-state index contributed by atoms with van der Waals surface area (Å²) in [6.07, 6.45) is 1.69. The lowest BCUT2D eigenvalue weighted by atomic mass is 10.1. The van der Waals surface area contributed by atoms with E-state index in [2.05, 4.69) is 21.0 Å². The SMILES string of the molecule is CCOC(=O)COc1ccc(Br)cc1/C=C1\C(=O)N(c2cccc(Cl)c2)N=C1C. The van der Waals surface area contributed by atoms with Gasteiger partial charge in [0.25, 0.3) is 5.91 Å². The van der Waals surface area contributed by atoms with E-state index in [-0.39, 0.29) is 19.1 Å². The Morgan fingerprint density at radius 3 is 2.79 bits per heavy atom. The van der Waals surface area contributed by atoms with Crippen LogP contribution in [0.3, 0.4) is 0 Å². The Balaban J connectivity index is 1.89. The molecular formula is C21H18BrClN2O4. The second-order valence-electron chi connectivity index (χ2n) is 6.12. The van der Waals surface area contributed by atoms with Crippen molar-refractivity contribution in [1.82, 2.24) is 0 Å². The van der Waals surface area contributed by atoms with Gasteiger partial charge in [0.05, 0.1) is 23.6 Å². The van der Waals surface area contributed by atoms with Crippen molar-refractivity contribution in [3.05, 3.63) is 63.1 Å². The Bertz CT molecular complexity index is 1020. The number of carbonyl (C=O) groups excluding carboxylic acids is 2. The van der Waals surface area contributed by atoms with E-state index in [9.17, 15) is 9.59 Å². The van der Waals surface area contributed by atoms with E-state index in [4.69, 9.17) is 21.1 Å². The highest BCUT2D eigenvalue weighted by Crippen LogP contribution is 2.30. The molecule has 0 N–H and O–H groups in total. The van der Waals surface area contributed by atoms with E-state index in [0.29, 0.717) is 33.3 Å². The highest BCUT2D eigenvalue weighted by Gasteiger charge is 2.29. The number of rotatable bonds is 6. The maximum atomic E-state index is 13.0. The van der Waals surface area contributed by atoms with Gasteiger partial charge >= 0.3 is 5.97 Å². The third-order valence-electron chi connectivity index (χ3n) is 4.04. The molecule has 0 fully saturated rings. The first kappa shape index (κ1) is 21.1. The number of anilines is 1. The zero-order valence-corrected chi connectivity index (χ0v) is 18.2. The quantitative estimate of drug-likeness (QED) is 0.440. The van der Waals surface area contributed by atoms with Crippen molar-refractivity contribution < 1.29 is 19.1 Å². The molecule has 2 aromatic carbocycles. The van der Waals surface area contributed by atoms with Crippen LogP contribution in [0.4, 0.5) is 5.69 Å². The minimum Gasteiger partial charge on any atom is -0.481 e. The highest BCUT2D eigenvalue weighted by atomic mass is 79.9. The Hall–Kier alpha value is -2.64. The lowest BCUT2D eigenvalue weighted by Gasteiger charge is -2.12. The zero-order chi connectivity index (χ0) is 21.0. The van der Waals surface area contributed by atoms with Crippen LogP contribution in [-0.4, -0.2) is 30.8 Å². The largest absolute Gasteiger partial charge is 0.481 e. The van der Waals surface area contributed by atoms with Gasteiger partial charge in [-0.25, -0.2) is 4.79 Å². The van der Waals surface area contributed by atoms with E-state index in [0.717, 1.165) is 4.47 Å². The lowest BCUT2D eigenvalue weighted by Crippen LogP contribution is -2.21. The van der Waals surface area contributed by atoms with Crippen LogP contribution in [0.5, 0.6) is 5.75 Å². The molecule has 0 unspecified atom stereocenters. The molecule has 0 aliphatic carbocycles. The van der Waals surface area contributed by atoms with Crippen LogP contribution in [0.15, 0.2) is 57.6 Å². The molecule has 0 aromatic heterocycles. The summed E-state index contributed by atoms with van der Waals surface area (Å²) in [6, 6.07) is 12.2. The first-order valence-electron chi connectivity index (χ1n) is 8.84. The topological polar surface area (TPSA) is 68.2 Å². The molecule has 8 heteroatoms. The van der Waals surface area contributed by atoms with Gasteiger partial charge in [-0.2, -0.15) is 10.1 Å². The fourth-order valence-electron chi connectivity index (χ4n) is 2.73. The minimum absolute atomic E-state index is 0.221. The van der Waals surface area contributed by atoms with Crippen molar-refractivity contribution in [3.63, 3.8) is 0 Å². The Morgan fingerprint density at radius 2 is 2.07 bits per heavy atom. The molecule has 2 aromatic rings. The summed E-state index contributed by atoms with van der Waals surface area (Å²) in [5, 5.41) is 6.18. The highest BCUT2D eigenvalue weighted by molar-refractivity contribution is 9.10. The summed E-state index contributed by atoms with van der Waals surface area (Å²) >= 11 is 9.45. The van der Waals surface area contributed by atoms with Crippen LogP contribution in [0, 0.1) is 0 Å². The fourth-order valence-corrected chi connectivity index (χ4v) is 3.29. The van der Waals surface area contributed by atoms with E-state index in [1.54, 1.807) is 62.4 Å². The van der Waals surface area contributed by atoms with Gasteiger partial charge in [-0.1, -0.05) is 33.6 Å². The van der Waals surface area contributed by atoms with Crippen LogP contribution in [0.25, 0.3) is 6.08 Å². The average Bonchev–Trinajstić information content (AvgIpc) is 2.96. The van der Waals surface area contributed by atoms with Gasteiger partial charge in [-0.3, -0.25) is 4.79 Å². The Kier molecular flexibility index (Phi) is 6.71. The maximum Gasteiger partial charge on any atom is 0.344 e. The predicted molar refractivity (Wildman–Crippen MR) is 116 cm³/mol. The molecule has 29 heavy (non-hydrogen) atoms. The average molecular weight is 478 g/mol. The molecule has 0 spiro atoms. The molecule has 0 saturated carbocycles. The summed E-state index contributed by atoms with van der Waals surface area (Å²) in [4.78, 5) is 24.6. The first-order chi connectivity index (χ1) is 13.9. The number of hydrogen-bond donors (Lipinski definition) is 0. The first-order valence-corrected chi connectivity index (χ1v) is 10.0. The number of hydrogen-bond acceptors (Lipinski definition) is 5. The second kappa shape index (κ2) is 9.24. The summed E-state index contributed by atoms with van der Waals surface area (Å²) in [7, 11) is 0. The van der Waals surface area contributed by atoms with Crippen molar-refractivity contribution in [2.75, 3.05) is 18.2 Å². The molecule has 1 amide bonds. The third-order valence-corrected chi connectivity index (χ3v) is 4.77. The predicted octanol–water partition coefficient (Wildman–Crippen LogP) is 4.85. The van der Waals surface area contributed by atoms with Crippen LogP contribution < -0.4 is 9.75 Å². The van der Waals surface area contributed by atoms with Gasteiger partial charge < -0.3 is 9.47 Å². The number of ether oxygens (including phenoxy) is 2. The zero-order valence-electron chi connectivity index (χ0n) is 15.8. The van der Waals surface area contributed by atoms with Gasteiger partial charge in [-0.15, -0.1) is 0 Å². The van der Waals surface area contributed by atoms with Gasteiger partial charge in [0.2, 0.25) is 0 Å². The monoisotopic (exact) mass is 476 g/mol. The molecule has 3 rings (SSSR count). The summed E-state index contributed by atoms with van der Waals surface area (Å²) < 4.78 is 11.3. The van der Waals surface area contributed by atoms with Crippen molar-refractivity contribution in [1.29, 1.82) is 0 Å². The molecule has 1 aliphatic heterocycles. The molecule has 6 nitrogen and oxygen atoms in total. The van der Waals surface area contributed by atoms with Crippen LogP contribution in [-0.2, 0) is 14.3 Å². The van der Waals surface area contributed by atoms with E-state index in [1.807, 2.05) is 0 Å². The number of benzene rings is 2. The minimum atomic E-state index is -0.462. The van der Waals surface area contributed by atoms with Crippen molar-refractivity contribution >= 4 is 56.9 Å². The van der Waals surface area contributed by atoms with Crippen LogP contribution in [0.1, 0.15) is 19.4 Å². The van der Waals surface area contributed by atoms with Gasteiger partial charge in [-0.05, 0) is 56.3 Å². The number of amides is 1. The number of halogens is 2. The normalized spacial score (nSPS) is 14.9. The number of nitrogens with zero attached hydrogens (tertiary/aromatic N) is 2. The van der Waals surface area contributed by atoms with Gasteiger partial charge in [0, 0.05) is 15.1 Å².